The number of hydrogen-bond acceptors (Lipinski definition) is 2. The molecule has 0 aliphatic carbocycles. The van der Waals surface area contributed by atoms with E-state index in [1.807, 2.05) is 12.1 Å². The molecule has 3 nitrogen and oxygen atoms in total. The van der Waals surface area contributed by atoms with Crippen molar-refractivity contribution in [3.63, 3.8) is 0 Å². The smallest absolute Gasteiger partial charge is 0.191 e. The largest absolute Gasteiger partial charge is 0.619 e. The summed E-state index contributed by atoms with van der Waals surface area (Å²) in [5, 5.41) is 11.3. The zero-order valence-electron chi connectivity index (χ0n) is 12.7. The molecule has 1 aromatic heterocycles. The summed E-state index contributed by atoms with van der Waals surface area (Å²) < 4.78 is 1.71. The molecule has 22 heavy (non-hydrogen) atoms. The summed E-state index contributed by atoms with van der Waals surface area (Å²) in [6.07, 6.45) is 6.35. The Hall–Kier alpha value is -1.68. The minimum absolute atomic E-state index is 0.0224. The number of carbonyl (C=O) groups is 1. The average Bonchev–Trinajstić information content (AvgIpc) is 2.52. The molecule has 0 bridgehead atoms. The second-order valence-electron chi connectivity index (χ2n) is 5.47. The summed E-state index contributed by atoms with van der Waals surface area (Å²) in [5.41, 5.74) is 1.66. The van der Waals surface area contributed by atoms with Gasteiger partial charge in [-0.25, -0.2) is 0 Å². The zero-order valence-corrected chi connectivity index (χ0v) is 14.3. The third-order valence-corrected chi connectivity index (χ3v) is 4.31. The Morgan fingerprint density at radius 1 is 1.27 bits per heavy atom. The molecule has 0 amide bonds. The lowest BCUT2D eigenvalue weighted by molar-refractivity contribution is -0.605. The van der Waals surface area contributed by atoms with Crippen molar-refractivity contribution in [2.24, 2.45) is 0 Å². The molecule has 2 aromatic rings. The maximum atomic E-state index is 12.4. The molecule has 0 aliphatic heterocycles. The van der Waals surface area contributed by atoms with Gasteiger partial charge in [0.05, 0.1) is 5.56 Å². The van der Waals surface area contributed by atoms with Crippen LogP contribution in [0.3, 0.4) is 0 Å². The quantitative estimate of drug-likeness (QED) is 0.410. The summed E-state index contributed by atoms with van der Waals surface area (Å²) in [4.78, 5) is 12.4. The molecular formula is C18H20BrNO2. The topological polar surface area (TPSA) is 44.0 Å². The van der Waals surface area contributed by atoms with Crippen LogP contribution >= 0.6 is 15.9 Å². The highest BCUT2D eigenvalue weighted by molar-refractivity contribution is 9.10. The lowest BCUT2D eigenvalue weighted by atomic mass is 9.88. The summed E-state index contributed by atoms with van der Waals surface area (Å²) in [5.74, 6) is 0.218. The van der Waals surface area contributed by atoms with Crippen LogP contribution in [0.5, 0.6) is 0 Å². The SMILES string of the molecule is CCCCC(CC(=O)c1ccc[n+]([O-])c1)c1ccc(Br)cc1. The first kappa shape index (κ1) is 16.7. The van der Waals surface area contributed by atoms with Gasteiger partial charge in [-0.15, -0.1) is 0 Å². The number of halogens is 1. The van der Waals surface area contributed by atoms with Gasteiger partial charge in [0, 0.05) is 17.0 Å². The molecule has 0 N–H and O–H groups in total. The zero-order chi connectivity index (χ0) is 15.9. The molecule has 0 fully saturated rings. The first-order valence-electron chi connectivity index (χ1n) is 7.57. The van der Waals surface area contributed by atoms with Crippen LogP contribution in [0.1, 0.15) is 54.4 Å². The summed E-state index contributed by atoms with van der Waals surface area (Å²) in [6, 6.07) is 11.5. The fraction of sp³-hybridized carbons (Fsp3) is 0.333. The Labute approximate surface area is 139 Å². The van der Waals surface area contributed by atoms with Crippen LogP contribution in [-0.2, 0) is 0 Å². The van der Waals surface area contributed by atoms with Crippen molar-refractivity contribution in [1.82, 2.24) is 0 Å². The summed E-state index contributed by atoms with van der Waals surface area (Å²) in [7, 11) is 0. The van der Waals surface area contributed by atoms with Crippen LogP contribution < -0.4 is 4.73 Å². The van der Waals surface area contributed by atoms with E-state index in [0.717, 1.165) is 23.7 Å². The third kappa shape index (κ3) is 4.67. The van der Waals surface area contributed by atoms with E-state index >= 15 is 0 Å². The maximum absolute atomic E-state index is 12.4. The van der Waals surface area contributed by atoms with Gasteiger partial charge >= 0.3 is 0 Å². The number of pyridine rings is 1. The number of hydrogen-bond donors (Lipinski definition) is 0. The Morgan fingerprint density at radius 2 is 2.00 bits per heavy atom. The lowest BCUT2D eigenvalue weighted by Crippen LogP contribution is -2.26. The normalized spacial score (nSPS) is 12.1. The molecule has 0 spiro atoms. The Morgan fingerprint density at radius 3 is 2.64 bits per heavy atom. The standard InChI is InChI=1S/C18H20BrNO2/c1-2-3-5-15(14-7-9-17(19)10-8-14)12-18(21)16-6-4-11-20(22)13-16/h4,6-11,13,15H,2-3,5,12H2,1H3. The van der Waals surface area contributed by atoms with Crippen LogP contribution in [0.25, 0.3) is 0 Å². The highest BCUT2D eigenvalue weighted by Crippen LogP contribution is 2.28. The molecule has 0 aliphatic rings. The van der Waals surface area contributed by atoms with Crippen molar-refractivity contribution in [1.29, 1.82) is 0 Å². The highest BCUT2D eigenvalue weighted by Gasteiger charge is 2.18. The van der Waals surface area contributed by atoms with Gasteiger partial charge in [-0.3, -0.25) is 4.79 Å². The average molecular weight is 362 g/mol. The molecule has 1 aromatic carbocycles. The Balaban J connectivity index is 2.15. The minimum Gasteiger partial charge on any atom is -0.619 e. The summed E-state index contributed by atoms with van der Waals surface area (Å²) >= 11 is 3.44. The van der Waals surface area contributed by atoms with E-state index in [1.54, 1.807) is 12.1 Å². The summed E-state index contributed by atoms with van der Waals surface area (Å²) in [6.45, 7) is 2.15. The number of carbonyl (C=O) groups excluding carboxylic acids is 1. The van der Waals surface area contributed by atoms with Crippen molar-refractivity contribution in [3.8, 4) is 0 Å². The second kappa shape index (κ2) is 8.08. The molecule has 1 heterocycles. The van der Waals surface area contributed by atoms with Crippen LogP contribution in [-0.4, -0.2) is 5.78 Å². The fourth-order valence-corrected chi connectivity index (χ4v) is 2.80. The van der Waals surface area contributed by atoms with E-state index in [-0.39, 0.29) is 11.7 Å². The number of unbranched alkanes of at least 4 members (excludes halogenated alkanes) is 1. The van der Waals surface area contributed by atoms with Gasteiger partial charge in [-0.05, 0) is 36.1 Å². The Bertz CT molecular complexity index is 625. The fourth-order valence-electron chi connectivity index (χ4n) is 2.53. The molecule has 4 heteroatoms. The van der Waals surface area contributed by atoms with Crippen LogP contribution in [0.4, 0.5) is 0 Å². The van der Waals surface area contributed by atoms with Crippen LogP contribution in [0.15, 0.2) is 53.3 Å². The maximum Gasteiger partial charge on any atom is 0.191 e. The molecule has 0 radical (unpaired) electrons. The second-order valence-corrected chi connectivity index (χ2v) is 6.39. The first-order valence-corrected chi connectivity index (χ1v) is 8.37. The molecule has 0 saturated heterocycles. The number of benzene rings is 1. The number of nitrogens with zero attached hydrogens (tertiary/aromatic N) is 1. The minimum atomic E-state index is 0.0224. The van der Waals surface area contributed by atoms with Gasteiger partial charge in [0.25, 0.3) is 0 Å². The lowest BCUT2D eigenvalue weighted by Gasteiger charge is -2.16. The van der Waals surface area contributed by atoms with Crippen LogP contribution in [0, 0.1) is 5.21 Å². The Kier molecular flexibility index (Phi) is 6.13. The molecular weight excluding hydrogens is 342 g/mol. The van der Waals surface area contributed by atoms with Crippen molar-refractivity contribution in [3.05, 3.63) is 69.6 Å². The van der Waals surface area contributed by atoms with Crippen molar-refractivity contribution < 1.29 is 9.52 Å². The molecule has 1 atom stereocenters. The first-order chi connectivity index (χ1) is 10.6. The van der Waals surface area contributed by atoms with Gasteiger partial charge in [0.15, 0.2) is 18.2 Å². The van der Waals surface area contributed by atoms with E-state index < -0.39 is 0 Å². The highest BCUT2D eigenvalue weighted by atomic mass is 79.9. The van der Waals surface area contributed by atoms with E-state index in [2.05, 4.69) is 35.0 Å². The van der Waals surface area contributed by atoms with Gasteiger partial charge in [0.1, 0.15) is 0 Å². The number of Topliss-reactive ketones (excluding diaryl/α,β-unsaturated/α-hetero) is 1. The molecule has 1 unspecified atom stereocenters. The number of rotatable bonds is 7. The third-order valence-electron chi connectivity index (χ3n) is 3.78. The van der Waals surface area contributed by atoms with E-state index in [1.165, 1.54) is 18.0 Å². The predicted molar refractivity (Wildman–Crippen MR) is 90.8 cm³/mol. The van der Waals surface area contributed by atoms with Gasteiger partial charge in [-0.2, -0.15) is 4.73 Å². The van der Waals surface area contributed by atoms with Crippen LogP contribution in [0.2, 0.25) is 0 Å². The van der Waals surface area contributed by atoms with Crippen molar-refractivity contribution in [2.75, 3.05) is 0 Å². The van der Waals surface area contributed by atoms with Gasteiger partial charge < -0.3 is 5.21 Å². The van der Waals surface area contributed by atoms with E-state index in [9.17, 15) is 10.0 Å². The van der Waals surface area contributed by atoms with Crippen molar-refractivity contribution >= 4 is 21.7 Å². The molecule has 2 rings (SSSR count). The number of aromatic nitrogens is 1. The van der Waals surface area contributed by atoms with Crippen molar-refractivity contribution in [2.45, 2.75) is 38.5 Å². The van der Waals surface area contributed by atoms with Gasteiger partial charge in [0.2, 0.25) is 0 Å². The predicted octanol–water partition coefficient (Wildman–Crippen LogP) is 4.63. The van der Waals surface area contributed by atoms with E-state index in [4.69, 9.17) is 0 Å². The van der Waals surface area contributed by atoms with E-state index in [0.29, 0.717) is 16.7 Å². The molecule has 116 valence electrons. The number of ketones is 1. The van der Waals surface area contributed by atoms with Gasteiger partial charge in [-0.1, -0.05) is 47.8 Å². The molecule has 0 saturated carbocycles. The monoisotopic (exact) mass is 361 g/mol.